The fraction of sp³-hybridized carbons (Fsp3) is 0.308. The first-order chi connectivity index (χ1) is 16.9. The van der Waals surface area contributed by atoms with Crippen molar-refractivity contribution in [1.82, 2.24) is 5.32 Å². The van der Waals surface area contributed by atoms with Gasteiger partial charge in [0.2, 0.25) is 5.91 Å². The van der Waals surface area contributed by atoms with E-state index >= 15 is 0 Å². The number of hydrogen-bond acceptors (Lipinski definition) is 5. The molecule has 3 aromatic rings. The first-order valence-electron chi connectivity index (χ1n) is 11.3. The Morgan fingerprint density at radius 3 is 2.51 bits per heavy atom. The van der Waals surface area contributed by atoms with Gasteiger partial charge in [-0.2, -0.15) is 0 Å². The molecule has 1 atom stereocenters. The third-order valence-electron chi connectivity index (χ3n) is 6.07. The molecule has 9 heteroatoms. The maximum absolute atomic E-state index is 14.0. The fourth-order valence-electron chi connectivity index (χ4n) is 4.41. The zero-order chi connectivity index (χ0) is 24.9. The SMILES string of the molecule is COc1cccc([C@@H](C(=O)NC2CCCC2)N(C(=O)c2ccco2)c2ccc(F)c(Cl)c2)c1OC. The van der Waals surface area contributed by atoms with Gasteiger partial charge in [-0.25, -0.2) is 4.39 Å². The van der Waals surface area contributed by atoms with E-state index in [0.717, 1.165) is 31.7 Å². The van der Waals surface area contributed by atoms with Gasteiger partial charge in [0.1, 0.15) is 11.9 Å². The van der Waals surface area contributed by atoms with E-state index in [4.69, 9.17) is 25.5 Å². The number of hydrogen-bond donors (Lipinski definition) is 1. The number of nitrogens with one attached hydrogen (secondary N) is 1. The molecule has 2 amide bonds. The predicted octanol–water partition coefficient (Wildman–Crippen LogP) is 5.54. The zero-order valence-corrected chi connectivity index (χ0v) is 20.2. The Bertz CT molecular complexity index is 1190. The number of carbonyl (C=O) groups is 2. The molecule has 1 N–H and O–H groups in total. The maximum Gasteiger partial charge on any atom is 0.294 e. The highest BCUT2D eigenvalue weighted by atomic mass is 35.5. The van der Waals surface area contributed by atoms with Crippen LogP contribution in [0.2, 0.25) is 5.02 Å². The van der Waals surface area contributed by atoms with Crippen molar-refractivity contribution in [3.8, 4) is 11.5 Å². The largest absolute Gasteiger partial charge is 0.493 e. The molecule has 4 rings (SSSR count). The third-order valence-corrected chi connectivity index (χ3v) is 6.36. The van der Waals surface area contributed by atoms with E-state index in [2.05, 4.69) is 5.32 Å². The van der Waals surface area contributed by atoms with Gasteiger partial charge in [0.25, 0.3) is 5.91 Å². The first-order valence-corrected chi connectivity index (χ1v) is 11.7. The van der Waals surface area contributed by atoms with Crippen LogP contribution in [0.3, 0.4) is 0 Å². The van der Waals surface area contributed by atoms with E-state index in [9.17, 15) is 14.0 Å². The molecule has 0 aliphatic heterocycles. The summed E-state index contributed by atoms with van der Waals surface area (Å²) in [5.41, 5.74) is 0.608. The summed E-state index contributed by atoms with van der Waals surface area (Å²) in [5, 5.41) is 2.89. The molecule has 0 spiro atoms. The summed E-state index contributed by atoms with van der Waals surface area (Å²) in [6.45, 7) is 0. The Hall–Kier alpha value is -3.52. The smallest absolute Gasteiger partial charge is 0.294 e. The van der Waals surface area contributed by atoms with Crippen LogP contribution < -0.4 is 19.7 Å². The van der Waals surface area contributed by atoms with Gasteiger partial charge in [-0.3, -0.25) is 14.5 Å². The van der Waals surface area contributed by atoms with Crippen LogP contribution in [-0.2, 0) is 4.79 Å². The summed E-state index contributed by atoms with van der Waals surface area (Å²) in [6, 6.07) is 10.8. The van der Waals surface area contributed by atoms with Crippen molar-refractivity contribution in [2.24, 2.45) is 0 Å². The molecule has 2 aromatic carbocycles. The van der Waals surface area contributed by atoms with Crippen LogP contribution in [0, 0.1) is 5.82 Å². The van der Waals surface area contributed by atoms with E-state index in [-0.39, 0.29) is 22.5 Å². The standard InChI is InChI=1S/C26H26ClFN2O5/c1-33-21-10-5-9-18(24(21)34-2)23(25(31)29-16-7-3-4-8-16)30(26(32)22-11-6-14-35-22)17-12-13-20(28)19(27)15-17/h5-6,9-16,23H,3-4,7-8H2,1-2H3,(H,29,31)/t23-/m0/s1. The van der Waals surface area contributed by atoms with Gasteiger partial charge in [0, 0.05) is 17.3 Å². The topological polar surface area (TPSA) is 81.0 Å². The molecule has 0 bridgehead atoms. The number of furan rings is 1. The van der Waals surface area contributed by atoms with Gasteiger partial charge in [-0.05, 0) is 49.2 Å². The minimum Gasteiger partial charge on any atom is -0.493 e. The highest BCUT2D eigenvalue weighted by Crippen LogP contribution is 2.40. The Labute approximate surface area is 207 Å². The van der Waals surface area contributed by atoms with Gasteiger partial charge in [-0.15, -0.1) is 0 Å². The van der Waals surface area contributed by atoms with Crippen LogP contribution in [0.15, 0.2) is 59.2 Å². The first kappa shape index (κ1) is 24.6. The average molecular weight is 501 g/mol. The lowest BCUT2D eigenvalue weighted by Crippen LogP contribution is -2.46. The van der Waals surface area contributed by atoms with Crippen molar-refractivity contribution in [3.63, 3.8) is 0 Å². The quantitative estimate of drug-likeness (QED) is 0.439. The Morgan fingerprint density at radius 1 is 1.11 bits per heavy atom. The molecular formula is C26H26ClFN2O5. The molecule has 7 nitrogen and oxygen atoms in total. The number of benzene rings is 2. The van der Waals surface area contributed by atoms with Crippen molar-refractivity contribution in [3.05, 3.63) is 77.0 Å². The van der Waals surface area contributed by atoms with E-state index in [1.807, 2.05) is 0 Å². The molecule has 1 aliphatic rings. The lowest BCUT2D eigenvalue weighted by atomic mass is 10.00. The highest BCUT2D eigenvalue weighted by molar-refractivity contribution is 6.31. The average Bonchev–Trinajstić information content (AvgIpc) is 3.58. The molecule has 0 unspecified atom stereocenters. The number of methoxy groups -OCH3 is 2. The number of amides is 2. The summed E-state index contributed by atoms with van der Waals surface area (Å²) in [7, 11) is 2.95. The zero-order valence-electron chi connectivity index (χ0n) is 19.4. The summed E-state index contributed by atoms with van der Waals surface area (Å²) < 4.78 is 30.5. The van der Waals surface area contributed by atoms with Crippen LogP contribution in [0.25, 0.3) is 0 Å². The highest BCUT2D eigenvalue weighted by Gasteiger charge is 2.38. The third kappa shape index (κ3) is 5.12. The van der Waals surface area contributed by atoms with Gasteiger partial charge in [0.05, 0.1) is 25.5 Å². The van der Waals surface area contributed by atoms with Crippen molar-refractivity contribution >= 4 is 29.1 Å². The van der Waals surface area contributed by atoms with Crippen molar-refractivity contribution in [2.45, 2.75) is 37.8 Å². The number of carbonyl (C=O) groups excluding carboxylic acids is 2. The summed E-state index contributed by atoms with van der Waals surface area (Å²) in [6.07, 6.45) is 5.09. The van der Waals surface area contributed by atoms with Crippen LogP contribution in [0.4, 0.5) is 10.1 Å². The second-order valence-electron chi connectivity index (χ2n) is 8.23. The van der Waals surface area contributed by atoms with Gasteiger partial charge in [0.15, 0.2) is 17.3 Å². The number of ether oxygens (including phenoxy) is 2. The summed E-state index contributed by atoms with van der Waals surface area (Å²) in [4.78, 5) is 28.9. The predicted molar refractivity (Wildman–Crippen MR) is 130 cm³/mol. The monoisotopic (exact) mass is 500 g/mol. The van der Waals surface area contributed by atoms with E-state index in [1.54, 1.807) is 24.3 Å². The normalized spacial score (nSPS) is 14.4. The second kappa shape index (κ2) is 10.8. The molecule has 0 radical (unpaired) electrons. The Balaban J connectivity index is 1.91. The number of para-hydroxylation sites is 1. The van der Waals surface area contributed by atoms with Crippen molar-refractivity contribution < 1.29 is 27.9 Å². The number of halogens is 2. The lowest BCUT2D eigenvalue weighted by Gasteiger charge is -2.32. The second-order valence-corrected chi connectivity index (χ2v) is 8.63. The Kier molecular flexibility index (Phi) is 7.60. The molecule has 1 heterocycles. The summed E-state index contributed by atoms with van der Waals surface area (Å²) in [5.74, 6) is -0.964. The number of nitrogens with zero attached hydrogens (tertiary/aromatic N) is 1. The number of rotatable bonds is 8. The molecular weight excluding hydrogens is 475 g/mol. The van der Waals surface area contributed by atoms with Crippen LogP contribution >= 0.6 is 11.6 Å². The van der Waals surface area contributed by atoms with Crippen molar-refractivity contribution in [1.29, 1.82) is 0 Å². The van der Waals surface area contributed by atoms with Crippen molar-refractivity contribution in [2.75, 3.05) is 19.1 Å². The van der Waals surface area contributed by atoms with E-state index in [1.165, 1.54) is 43.6 Å². The molecule has 1 aromatic heterocycles. The molecule has 1 fully saturated rings. The molecule has 184 valence electrons. The van der Waals surface area contributed by atoms with Crippen LogP contribution in [0.5, 0.6) is 11.5 Å². The summed E-state index contributed by atoms with van der Waals surface area (Å²) >= 11 is 6.08. The van der Waals surface area contributed by atoms with Gasteiger partial charge >= 0.3 is 0 Å². The van der Waals surface area contributed by atoms with Crippen LogP contribution in [0.1, 0.15) is 47.8 Å². The minimum atomic E-state index is -1.19. The van der Waals surface area contributed by atoms with E-state index < -0.39 is 23.7 Å². The molecule has 1 aliphatic carbocycles. The van der Waals surface area contributed by atoms with Gasteiger partial charge < -0.3 is 19.2 Å². The molecule has 35 heavy (non-hydrogen) atoms. The fourth-order valence-corrected chi connectivity index (χ4v) is 4.59. The van der Waals surface area contributed by atoms with E-state index in [0.29, 0.717) is 17.1 Å². The Morgan fingerprint density at radius 2 is 1.89 bits per heavy atom. The minimum absolute atomic E-state index is 0.00553. The maximum atomic E-state index is 14.0. The molecule has 0 saturated heterocycles. The lowest BCUT2D eigenvalue weighted by molar-refractivity contribution is -0.123. The van der Waals surface area contributed by atoms with Gasteiger partial charge in [-0.1, -0.05) is 36.6 Å². The number of anilines is 1. The molecule has 1 saturated carbocycles. The van der Waals surface area contributed by atoms with Crippen LogP contribution in [-0.4, -0.2) is 32.1 Å².